The molecule has 4 aliphatic carbocycles. The van der Waals surface area contributed by atoms with E-state index in [-0.39, 0.29) is 11.8 Å². The van der Waals surface area contributed by atoms with E-state index in [1.165, 1.54) is 16.7 Å². The minimum absolute atomic E-state index is 0.107. The van der Waals surface area contributed by atoms with Crippen molar-refractivity contribution < 1.29 is 12.6 Å². The molecule has 0 spiro atoms. The maximum atomic E-state index is 13.6. The fourth-order valence-electron chi connectivity index (χ4n) is 5.88. The zero-order valence-corrected chi connectivity index (χ0v) is 17.6. The van der Waals surface area contributed by atoms with Crippen LogP contribution in [0.1, 0.15) is 64.5 Å². The van der Waals surface area contributed by atoms with Crippen LogP contribution in [0.5, 0.6) is 5.75 Å². The normalized spacial score (nSPS) is 23.9. The lowest BCUT2D eigenvalue weighted by molar-refractivity contribution is 0.428. The molecule has 30 heavy (non-hydrogen) atoms. The highest BCUT2D eigenvalue weighted by atomic mass is 32.2. The van der Waals surface area contributed by atoms with Gasteiger partial charge in [-0.25, -0.2) is 0 Å². The van der Waals surface area contributed by atoms with Crippen LogP contribution in [0, 0.1) is 0 Å². The van der Waals surface area contributed by atoms with Gasteiger partial charge in [-0.3, -0.25) is 0 Å². The van der Waals surface area contributed by atoms with E-state index in [9.17, 15) is 8.42 Å². The molecule has 0 fully saturated rings. The molecule has 2 bridgehead atoms. The molecule has 0 aliphatic heterocycles. The molecule has 152 valence electrons. The molecular weight excluding hydrogens is 392 g/mol. The second-order valence-corrected chi connectivity index (χ2v) is 10.5. The maximum absolute atomic E-state index is 13.6. The van der Waals surface area contributed by atoms with Gasteiger partial charge in [0.15, 0.2) is 0 Å². The Morgan fingerprint density at radius 1 is 0.733 bits per heavy atom. The third kappa shape index (κ3) is 2.66. The Hall–Kier alpha value is -2.59. The van der Waals surface area contributed by atoms with E-state index in [0.29, 0.717) is 12.2 Å². The summed E-state index contributed by atoms with van der Waals surface area (Å²) < 4.78 is 33.2. The van der Waals surface area contributed by atoms with E-state index in [0.717, 1.165) is 42.4 Å². The lowest BCUT2D eigenvalue weighted by Gasteiger charge is -2.44. The highest BCUT2D eigenvalue weighted by Gasteiger charge is 2.49. The largest absolute Gasteiger partial charge is 0.382 e. The third-order valence-electron chi connectivity index (χ3n) is 7.18. The third-order valence-corrected chi connectivity index (χ3v) is 8.80. The maximum Gasteiger partial charge on any atom is 0.313 e. The molecule has 4 aliphatic rings. The molecule has 0 saturated heterocycles. The van der Waals surface area contributed by atoms with Crippen LogP contribution in [0.4, 0.5) is 0 Å². The first-order valence-corrected chi connectivity index (χ1v) is 12.3. The van der Waals surface area contributed by atoms with E-state index < -0.39 is 15.4 Å². The van der Waals surface area contributed by atoms with Crippen molar-refractivity contribution in [3.05, 3.63) is 100 Å². The summed E-state index contributed by atoms with van der Waals surface area (Å²) in [4.78, 5) is 0. The van der Waals surface area contributed by atoms with Crippen LogP contribution < -0.4 is 4.18 Å². The van der Waals surface area contributed by atoms with E-state index in [1.807, 2.05) is 24.3 Å². The minimum Gasteiger partial charge on any atom is -0.382 e. The molecule has 0 heterocycles. The van der Waals surface area contributed by atoms with Crippen LogP contribution in [0.2, 0.25) is 0 Å². The summed E-state index contributed by atoms with van der Waals surface area (Å²) in [6.07, 6.45) is 4.71. The molecule has 0 saturated carbocycles. The van der Waals surface area contributed by atoms with Gasteiger partial charge < -0.3 is 4.18 Å². The molecule has 3 aromatic carbocycles. The van der Waals surface area contributed by atoms with E-state index in [1.54, 1.807) is 0 Å². The molecule has 4 heteroatoms. The number of hydrogen-bond acceptors (Lipinski definition) is 3. The summed E-state index contributed by atoms with van der Waals surface area (Å²) in [5, 5.41) is -0.563. The molecule has 0 aromatic heterocycles. The highest BCUT2D eigenvalue weighted by molar-refractivity contribution is 7.87. The van der Waals surface area contributed by atoms with Gasteiger partial charge in [-0.05, 0) is 71.6 Å². The zero-order valence-electron chi connectivity index (χ0n) is 16.8. The monoisotopic (exact) mass is 416 g/mol. The smallest absolute Gasteiger partial charge is 0.313 e. The van der Waals surface area contributed by atoms with Crippen LogP contribution in [0.15, 0.2) is 66.7 Å². The number of rotatable bonds is 3. The molecule has 1 atom stereocenters. The van der Waals surface area contributed by atoms with E-state index in [2.05, 4.69) is 42.5 Å². The van der Waals surface area contributed by atoms with Gasteiger partial charge in [-0.1, -0.05) is 60.7 Å². The molecule has 3 aromatic rings. The quantitative estimate of drug-likeness (QED) is 0.543. The molecule has 0 radical (unpaired) electrons. The second-order valence-electron chi connectivity index (χ2n) is 8.74. The van der Waals surface area contributed by atoms with E-state index in [4.69, 9.17) is 4.18 Å². The van der Waals surface area contributed by atoms with Crippen LogP contribution in [0.25, 0.3) is 0 Å². The summed E-state index contributed by atoms with van der Waals surface area (Å²) in [5.74, 6) is 0.470. The lowest BCUT2D eigenvalue weighted by Crippen LogP contribution is -2.42. The minimum atomic E-state index is -3.79. The van der Waals surface area contributed by atoms with E-state index >= 15 is 0 Å². The Bertz CT molecular complexity index is 1200. The van der Waals surface area contributed by atoms with Crippen LogP contribution >= 0.6 is 0 Å². The number of aryl methyl sites for hydroxylation is 1. The van der Waals surface area contributed by atoms with Crippen LogP contribution in [-0.2, 0) is 23.0 Å². The predicted molar refractivity (Wildman–Crippen MR) is 118 cm³/mol. The van der Waals surface area contributed by atoms with Crippen molar-refractivity contribution in [2.75, 3.05) is 0 Å². The van der Waals surface area contributed by atoms with Gasteiger partial charge in [0.05, 0.1) is 0 Å². The zero-order chi connectivity index (χ0) is 20.3. The standard InChI is InChI=1S/C26H24O3S/c27-30(28,29-24-15-7-9-17-8-1-2-10-18(17)24)25-16-23-19-11-3-5-13-21(19)26(25)22-14-6-4-12-20(22)23/h3-7,9,11-15,23,25-26H,1-2,8,10,16H2. The van der Waals surface area contributed by atoms with Gasteiger partial charge in [0, 0.05) is 11.8 Å². The first-order chi connectivity index (χ1) is 14.6. The molecule has 0 N–H and O–H groups in total. The Balaban J connectivity index is 1.43. The molecule has 0 amide bonds. The molecule has 1 unspecified atom stereocenters. The van der Waals surface area contributed by atoms with Gasteiger partial charge in [-0.15, -0.1) is 0 Å². The Labute approximate surface area is 177 Å². The first-order valence-electron chi connectivity index (χ1n) is 10.9. The topological polar surface area (TPSA) is 43.4 Å². The predicted octanol–water partition coefficient (Wildman–Crippen LogP) is 5.32. The van der Waals surface area contributed by atoms with Crippen molar-refractivity contribution in [2.24, 2.45) is 0 Å². The van der Waals surface area contributed by atoms with Crippen molar-refractivity contribution in [1.29, 1.82) is 0 Å². The summed E-state index contributed by atoms with van der Waals surface area (Å²) in [6.45, 7) is 0. The second kappa shape index (κ2) is 6.71. The van der Waals surface area contributed by atoms with Crippen molar-refractivity contribution in [1.82, 2.24) is 0 Å². The lowest BCUT2D eigenvalue weighted by atomic mass is 9.63. The fraction of sp³-hybridized carbons (Fsp3) is 0.308. The molecular formula is C26H24O3S. The molecule has 7 rings (SSSR count). The Kier molecular flexibility index (Phi) is 4.07. The first kappa shape index (κ1) is 18.2. The van der Waals surface area contributed by atoms with Gasteiger partial charge in [0.25, 0.3) is 0 Å². The van der Waals surface area contributed by atoms with Gasteiger partial charge >= 0.3 is 10.1 Å². The summed E-state index contributed by atoms with van der Waals surface area (Å²) in [5.41, 5.74) is 7.12. The Morgan fingerprint density at radius 3 is 2.07 bits per heavy atom. The van der Waals surface area contributed by atoms with Gasteiger partial charge in [0.2, 0.25) is 0 Å². The SMILES string of the molecule is O=S(=O)(Oc1cccc2c1CCCC2)C1CC2c3ccccc3C1c1ccccc12. The summed E-state index contributed by atoms with van der Waals surface area (Å²) >= 11 is 0. The van der Waals surface area contributed by atoms with Crippen molar-refractivity contribution >= 4 is 10.1 Å². The van der Waals surface area contributed by atoms with Gasteiger partial charge in [0.1, 0.15) is 11.0 Å². The number of hydrogen-bond donors (Lipinski definition) is 0. The highest BCUT2D eigenvalue weighted by Crippen LogP contribution is 2.54. The van der Waals surface area contributed by atoms with Crippen molar-refractivity contribution in [3.8, 4) is 5.75 Å². The van der Waals surface area contributed by atoms with Crippen LogP contribution in [-0.4, -0.2) is 13.7 Å². The van der Waals surface area contributed by atoms with Crippen molar-refractivity contribution in [3.63, 3.8) is 0 Å². The van der Waals surface area contributed by atoms with Gasteiger partial charge in [-0.2, -0.15) is 8.42 Å². The van der Waals surface area contributed by atoms with Crippen molar-refractivity contribution in [2.45, 2.75) is 49.2 Å². The Morgan fingerprint density at radius 2 is 1.37 bits per heavy atom. The number of fused-ring (bicyclic) bond motifs is 2. The molecule has 3 nitrogen and oxygen atoms in total. The number of benzene rings is 3. The average Bonchev–Trinajstić information content (AvgIpc) is 2.79. The fourth-order valence-corrected chi connectivity index (χ4v) is 7.46. The summed E-state index contributed by atoms with van der Waals surface area (Å²) in [7, 11) is -3.79. The van der Waals surface area contributed by atoms with Crippen LogP contribution in [0.3, 0.4) is 0 Å². The summed E-state index contributed by atoms with van der Waals surface area (Å²) in [6, 6.07) is 22.5. The average molecular weight is 417 g/mol.